The highest BCUT2D eigenvalue weighted by Gasteiger charge is 2.35. The minimum absolute atomic E-state index is 0.223. The van der Waals surface area contributed by atoms with E-state index in [0.717, 1.165) is 21.4 Å². The number of thioether (sulfide) groups is 1. The third-order valence-corrected chi connectivity index (χ3v) is 6.81. The standard InChI is InChI=1S/C25H20BrClN4O2S/c1-2-34-25-29-24(32)22-18-12-16(26)8-10-20(18)28-23(31(22)30-25)19-13-17(27)9-11-21(19)33-14-15-6-4-3-5-7-15/h3-13,23H,2,14H2,1H3,(H,29,30,32)/t23-/m0/s1. The molecule has 1 N–H and O–H groups in total. The second kappa shape index (κ2) is 9.82. The van der Waals surface area contributed by atoms with Gasteiger partial charge in [-0.1, -0.05) is 76.5 Å². The van der Waals surface area contributed by atoms with Gasteiger partial charge in [0.05, 0.1) is 5.36 Å². The molecule has 0 radical (unpaired) electrons. The number of amides is 1. The van der Waals surface area contributed by atoms with Crippen LogP contribution < -0.4 is 20.6 Å². The lowest BCUT2D eigenvalue weighted by Crippen LogP contribution is -2.50. The van der Waals surface area contributed by atoms with E-state index in [2.05, 4.69) is 21.2 Å². The molecular weight excluding hydrogens is 536 g/mol. The van der Waals surface area contributed by atoms with Gasteiger partial charge in [-0.2, -0.15) is 0 Å². The predicted molar refractivity (Wildman–Crippen MR) is 139 cm³/mol. The number of benzene rings is 3. The van der Waals surface area contributed by atoms with Gasteiger partial charge in [0.15, 0.2) is 11.3 Å². The van der Waals surface area contributed by atoms with Crippen molar-refractivity contribution in [1.82, 2.24) is 10.3 Å². The molecule has 2 aliphatic rings. The largest absolute Gasteiger partial charge is 0.488 e. The van der Waals surface area contributed by atoms with Crippen molar-refractivity contribution in [2.45, 2.75) is 19.7 Å². The predicted octanol–water partition coefficient (Wildman–Crippen LogP) is 4.58. The van der Waals surface area contributed by atoms with Crippen LogP contribution in [0.25, 0.3) is 5.70 Å². The summed E-state index contributed by atoms with van der Waals surface area (Å²) in [4.78, 5) is 18.2. The summed E-state index contributed by atoms with van der Waals surface area (Å²) in [7, 11) is 0. The van der Waals surface area contributed by atoms with E-state index in [9.17, 15) is 4.79 Å². The molecule has 3 aromatic rings. The van der Waals surface area contributed by atoms with E-state index < -0.39 is 6.17 Å². The first-order valence-corrected chi connectivity index (χ1v) is 12.8. The third kappa shape index (κ3) is 4.58. The summed E-state index contributed by atoms with van der Waals surface area (Å²) in [6.07, 6.45) is -0.619. The zero-order valence-corrected chi connectivity index (χ0v) is 21.3. The molecule has 1 amide bonds. The number of amidine groups is 1. The minimum atomic E-state index is -0.619. The molecule has 0 spiro atoms. The first-order chi connectivity index (χ1) is 16.5. The van der Waals surface area contributed by atoms with Crippen molar-refractivity contribution in [3.05, 3.63) is 97.9 Å². The van der Waals surface area contributed by atoms with E-state index in [-0.39, 0.29) is 5.91 Å². The van der Waals surface area contributed by atoms with E-state index >= 15 is 0 Å². The first-order valence-electron chi connectivity index (χ1n) is 10.7. The van der Waals surface area contributed by atoms with Gasteiger partial charge in [-0.15, -0.1) is 5.10 Å². The molecule has 2 heterocycles. The second-order valence-electron chi connectivity index (χ2n) is 7.61. The highest BCUT2D eigenvalue weighted by molar-refractivity contribution is 9.10. The smallest absolute Gasteiger partial charge is 0.276 e. The van der Waals surface area contributed by atoms with Gasteiger partial charge >= 0.3 is 0 Å². The molecule has 9 heteroatoms. The van der Waals surface area contributed by atoms with Crippen molar-refractivity contribution in [3.8, 4) is 5.75 Å². The molecule has 0 bridgehead atoms. The molecule has 34 heavy (non-hydrogen) atoms. The number of fused-ring (bicyclic) bond motifs is 2. The van der Waals surface area contributed by atoms with Gasteiger partial charge in [-0.3, -0.25) is 15.1 Å². The molecule has 0 saturated heterocycles. The Morgan fingerprint density at radius 1 is 1.15 bits per heavy atom. The fraction of sp³-hybridized carbons (Fsp3) is 0.160. The molecule has 1 atom stereocenters. The minimum Gasteiger partial charge on any atom is -0.488 e. The normalized spacial score (nSPS) is 16.7. The highest BCUT2D eigenvalue weighted by Crippen LogP contribution is 2.37. The third-order valence-electron chi connectivity index (χ3n) is 5.34. The molecule has 3 aromatic carbocycles. The molecule has 172 valence electrons. The lowest BCUT2D eigenvalue weighted by molar-refractivity contribution is -0.116. The Morgan fingerprint density at radius 3 is 2.76 bits per heavy atom. The van der Waals surface area contributed by atoms with Crippen molar-refractivity contribution < 1.29 is 9.53 Å². The van der Waals surface area contributed by atoms with E-state index in [1.54, 1.807) is 11.1 Å². The number of nitrogens with one attached hydrogen (secondary N) is 1. The molecule has 5 rings (SSSR count). The first kappa shape index (κ1) is 23.0. The molecule has 6 nitrogen and oxygen atoms in total. The Labute approximate surface area is 214 Å². The molecule has 0 aliphatic carbocycles. The number of hydrogen-bond donors (Lipinski definition) is 1. The van der Waals surface area contributed by atoms with E-state index in [4.69, 9.17) is 26.4 Å². The zero-order chi connectivity index (χ0) is 23.7. The second-order valence-corrected chi connectivity index (χ2v) is 10.2. The van der Waals surface area contributed by atoms with Crippen LogP contribution in [0.3, 0.4) is 0 Å². The van der Waals surface area contributed by atoms with Gasteiger partial charge in [0.25, 0.3) is 5.91 Å². The number of hydrazone groups is 1. The number of rotatable bonds is 5. The Hall–Kier alpha value is -2.81. The fourth-order valence-corrected chi connectivity index (χ4v) is 4.97. The van der Waals surface area contributed by atoms with Crippen molar-refractivity contribution in [3.63, 3.8) is 0 Å². The number of halogens is 2. The maximum Gasteiger partial charge on any atom is 0.276 e. The SMILES string of the molecule is CCSC1=NN2C(=c3cc(Br)ccc3=N[C@@H]2c2cc(Cl)ccc2OCc2ccccc2)C(=O)N1. The molecular formula is C25H20BrClN4O2S. The Balaban J connectivity index is 1.64. The van der Waals surface area contributed by atoms with Crippen molar-refractivity contribution in [2.24, 2.45) is 10.1 Å². The summed E-state index contributed by atoms with van der Waals surface area (Å²) in [5.41, 5.74) is 2.21. The maximum absolute atomic E-state index is 13.2. The molecule has 0 unspecified atom stereocenters. The van der Waals surface area contributed by atoms with Crippen LogP contribution in [0.1, 0.15) is 24.2 Å². The van der Waals surface area contributed by atoms with Gasteiger partial charge in [-0.05, 0) is 47.7 Å². The topological polar surface area (TPSA) is 66.3 Å². The Bertz CT molecular complexity index is 1410. The van der Waals surface area contributed by atoms with Crippen LogP contribution in [0.4, 0.5) is 0 Å². The number of carbonyl (C=O) groups is 1. The number of hydrogen-bond acceptors (Lipinski definition) is 6. The van der Waals surface area contributed by atoms with Crippen molar-refractivity contribution in [2.75, 3.05) is 5.75 Å². The Kier molecular flexibility index (Phi) is 6.63. The van der Waals surface area contributed by atoms with Crippen LogP contribution in [-0.2, 0) is 11.4 Å². The number of nitrogens with zero attached hydrogens (tertiary/aromatic N) is 3. The van der Waals surface area contributed by atoms with Crippen LogP contribution in [0, 0.1) is 0 Å². The van der Waals surface area contributed by atoms with Crippen molar-refractivity contribution >= 4 is 56.1 Å². The molecule has 0 saturated carbocycles. The summed E-state index contributed by atoms with van der Waals surface area (Å²) in [6.45, 7) is 2.40. The zero-order valence-electron chi connectivity index (χ0n) is 18.2. The summed E-state index contributed by atoms with van der Waals surface area (Å²) < 4.78 is 7.06. The highest BCUT2D eigenvalue weighted by atomic mass is 79.9. The van der Waals surface area contributed by atoms with Gasteiger partial charge in [0, 0.05) is 20.3 Å². The summed E-state index contributed by atoms with van der Waals surface area (Å²) in [5.74, 6) is 1.18. The van der Waals surface area contributed by atoms with E-state index in [1.165, 1.54) is 11.8 Å². The van der Waals surface area contributed by atoms with Gasteiger partial charge in [0.1, 0.15) is 18.1 Å². The van der Waals surface area contributed by atoms with E-state index in [1.807, 2.05) is 67.6 Å². The van der Waals surface area contributed by atoms with Crippen molar-refractivity contribution in [1.29, 1.82) is 0 Å². The van der Waals surface area contributed by atoms with Gasteiger partial charge in [-0.25, -0.2) is 5.01 Å². The average molecular weight is 556 g/mol. The van der Waals surface area contributed by atoms with Crippen LogP contribution in [0.5, 0.6) is 5.75 Å². The van der Waals surface area contributed by atoms with Crippen LogP contribution in [0.15, 0.2) is 81.3 Å². The summed E-state index contributed by atoms with van der Waals surface area (Å²) >= 11 is 11.4. The van der Waals surface area contributed by atoms with Crippen LogP contribution >= 0.6 is 39.3 Å². The van der Waals surface area contributed by atoms with Crippen LogP contribution in [-0.4, -0.2) is 21.8 Å². The number of carbonyl (C=O) groups excluding carboxylic acids is 1. The monoisotopic (exact) mass is 554 g/mol. The van der Waals surface area contributed by atoms with E-state index in [0.29, 0.717) is 38.8 Å². The number of ether oxygens (including phenoxy) is 1. The molecule has 0 fully saturated rings. The summed E-state index contributed by atoms with van der Waals surface area (Å²) in [5, 5.41) is 11.8. The molecule has 2 aliphatic heterocycles. The van der Waals surface area contributed by atoms with Crippen LogP contribution in [0.2, 0.25) is 5.02 Å². The fourth-order valence-electron chi connectivity index (χ4n) is 3.84. The lowest BCUT2D eigenvalue weighted by Gasteiger charge is -2.34. The van der Waals surface area contributed by atoms with Gasteiger partial charge in [0.2, 0.25) is 0 Å². The summed E-state index contributed by atoms with van der Waals surface area (Å²) in [6, 6.07) is 21.1. The lowest BCUT2D eigenvalue weighted by atomic mass is 10.1. The quantitative estimate of drug-likeness (QED) is 0.501. The molecule has 0 aromatic heterocycles. The maximum atomic E-state index is 13.2. The van der Waals surface area contributed by atoms with Gasteiger partial charge < -0.3 is 4.74 Å². The Morgan fingerprint density at radius 2 is 1.97 bits per heavy atom. The average Bonchev–Trinajstić information content (AvgIpc) is 2.83.